The average Bonchev–Trinajstić information content (AvgIpc) is 2.46. The number of benzene rings is 1. The van der Waals surface area contributed by atoms with E-state index in [0.717, 1.165) is 18.7 Å². The molecule has 1 aromatic rings. The van der Waals surface area contributed by atoms with Crippen LogP contribution in [0.2, 0.25) is 0 Å². The molecule has 2 nitrogen and oxygen atoms in total. The molecule has 1 heterocycles. The van der Waals surface area contributed by atoms with Crippen LogP contribution in [0, 0.1) is 6.92 Å². The van der Waals surface area contributed by atoms with Crippen LogP contribution in [0.4, 0.5) is 32.0 Å². The summed E-state index contributed by atoms with van der Waals surface area (Å²) in [7, 11) is 0. The first-order valence-electron chi connectivity index (χ1n) is 7.17. The van der Waals surface area contributed by atoms with Gasteiger partial charge in [0.25, 0.3) is 0 Å². The summed E-state index contributed by atoms with van der Waals surface area (Å²) in [5.41, 5.74) is -2.59. The fraction of sp³-hybridized carbons (Fsp3) is 0.533. The molecule has 0 atom stereocenters. The fourth-order valence-corrected chi connectivity index (χ4v) is 2.57. The summed E-state index contributed by atoms with van der Waals surface area (Å²) < 4.78 is 77.2. The highest BCUT2D eigenvalue weighted by Gasteiger charge is 2.37. The van der Waals surface area contributed by atoms with Crippen LogP contribution in [0.25, 0.3) is 0 Å². The van der Waals surface area contributed by atoms with Crippen molar-refractivity contribution in [2.45, 2.75) is 18.8 Å². The van der Waals surface area contributed by atoms with Gasteiger partial charge in [-0.25, -0.2) is 0 Å². The summed E-state index contributed by atoms with van der Waals surface area (Å²) in [6.45, 7) is 6.45. The standard InChI is InChI=1S/C15H17F6N2/c1-2-3-22-4-6-23(7-5-22)13-9-11(14(16,17)18)8-12(10-13)15(19,20)21/h8-10H,1-7H2. The molecule has 1 saturated heterocycles. The first-order chi connectivity index (χ1) is 10.6. The molecule has 0 N–H and O–H groups in total. The van der Waals surface area contributed by atoms with Crippen LogP contribution >= 0.6 is 0 Å². The molecule has 1 aliphatic rings. The minimum atomic E-state index is -4.81. The van der Waals surface area contributed by atoms with Gasteiger partial charge in [-0.2, -0.15) is 26.3 Å². The van der Waals surface area contributed by atoms with Gasteiger partial charge in [-0.15, -0.1) is 0 Å². The van der Waals surface area contributed by atoms with Crippen molar-refractivity contribution in [3.05, 3.63) is 36.2 Å². The zero-order valence-electron chi connectivity index (χ0n) is 12.3. The van der Waals surface area contributed by atoms with Gasteiger partial charge in [0.05, 0.1) is 11.1 Å². The van der Waals surface area contributed by atoms with Crippen LogP contribution < -0.4 is 4.90 Å². The zero-order valence-corrected chi connectivity index (χ0v) is 12.3. The molecule has 0 bridgehead atoms. The Morgan fingerprint density at radius 2 is 1.30 bits per heavy atom. The summed E-state index contributed by atoms with van der Waals surface area (Å²) >= 11 is 0. The van der Waals surface area contributed by atoms with Crippen LogP contribution in [0.15, 0.2) is 18.2 Å². The number of anilines is 1. The van der Waals surface area contributed by atoms with Crippen molar-refractivity contribution in [2.24, 2.45) is 0 Å². The summed E-state index contributed by atoms with van der Waals surface area (Å²) in [6, 6.07) is 1.72. The van der Waals surface area contributed by atoms with Crippen molar-refractivity contribution in [1.82, 2.24) is 4.90 Å². The Balaban J connectivity index is 2.28. The molecule has 0 saturated carbocycles. The van der Waals surface area contributed by atoms with E-state index in [2.05, 4.69) is 11.8 Å². The lowest BCUT2D eigenvalue weighted by atomic mass is 10.1. The van der Waals surface area contributed by atoms with Gasteiger partial charge in [0, 0.05) is 31.9 Å². The Hall–Kier alpha value is -1.44. The number of nitrogens with zero attached hydrogens (tertiary/aromatic N) is 2. The largest absolute Gasteiger partial charge is 0.416 e. The van der Waals surface area contributed by atoms with Gasteiger partial charge in [-0.05, 0) is 31.2 Å². The topological polar surface area (TPSA) is 6.48 Å². The van der Waals surface area contributed by atoms with Crippen molar-refractivity contribution < 1.29 is 26.3 Å². The van der Waals surface area contributed by atoms with Gasteiger partial charge in [-0.1, -0.05) is 6.92 Å². The molecule has 1 fully saturated rings. The molecule has 0 aliphatic carbocycles. The lowest BCUT2D eigenvalue weighted by Gasteiger charge is -2.36. The van der Waals surface area contributed by atoms with E-state index in [-0.39, 0.29) is 11.8 Å². The molecule has 1 radical (unpaired) electrons. The van der Waals surface area contributed by atoms with Crippen molar-refractivity contribution in [2.75, 3.05) is 37.6 Å². The Kier molecular flexibility index (Phi) is 5.13. The van der Waals surface area contributed by atoms with Crippen molar-refractivity contribution >= 4 is 5.69 Å². The monoisotopic (exact) mass is 339 g/mol. The lowest BCUT2D eigenvalue weighted by molar-refractivity contribution is -0.143. The molecule has 0 unspecified atom stereocenters. The molecule has 0 spiro atoms. The second-order valence-electron chi connectivity index (χ2n) is 5.45. The maximum atomic E-state index is 12.9. The Bertz CT molecular complexity index is 497. The van der Waals surface area contributed by atoms with Crippen molar-refractivity contribution in [1.29, 1.82) is 0 Å². The molecule has 1 aromatic carbocycles. The fourth-order valence-electron chi connectivity index (χ4n) is 2.57. The Morgan fingerprint density at radius 1 is 0.826 bits per heavy atom. The highest BCUT2D eigenvalue weighted by molar-refractivity contribution is 5.53. The quantitative estimate of drug-likeness (QED) is 0.766. The van der Waals surface area contributed by atoms with E-state index in [1.54, 1.807) is 4.90 Å². The molecule has 0 aromatic heterocycles. The third-order valence-corrected chi connectivity index (χ3v) is 3.78. The number of alkyl halides is 6. The molecule has 8 heteroatoms. The summed E-state index contributed by atoms with van der Waals surface area (Å²) in [5.74, 6) is 0. The van der Waals surface area contributed by atoms with Crippen molar-refractivity contribution in [3.63, 3.8) is 0 Å². The lowest BCUT2D eigenvalue weighted by Crippen LogP contribution is -2.46. The van der Waals surface area contributed by atoms with Crippen LogP contribution in [-0.2, 0) is 12.4 Å². The SMILES string of the molecule is [CH2]CCN1CCN(c2cc(C(F)(F)F)cc(C(F)(F)F)c2)CC1. The molecule has 2 rings (SSSR count). The van der Waals surface area contributed by atoms with Gasteiger partial charge in [0.2, 0.25) is 0 Å². The summed E-state index contributed by atoms with van der Waals surface area (Å²) in [6.07, 6.45) is -8.92. The van der Waals surface area contributed by atoms with Crippen LogP contribution in [0.3, 0.4) is 0 Å². The predicted octanol–water partition coefficient (Wildman–Crippen LogP) is 4.07. The van der Waals surface area contributed by atoms with Gasteiger partial charge in [-0.3, -0.25) is 4.90 Å². The van der Waals surface area contributed by atoms with Gasteiger partial charge >= 0.3 is 12.4 Å². The number of hydrogen-bond acceptors (Lipinski definition) is 2. The first kappa shape index (κ1) is 17.9. The second kappa shape index (κ2) is 6.59. The van der Waals surface area contributed by atoms with Gasteiger partial charge < -0.3 is 4.90 Å². The highest BCUT2D eigenvalue weighted by Crippen LogP contribution is 2.38. The number of halogens is 6. The maximum Gasteiger partial charge on any atom is 0.416 e. The van der Waals surface area contributed by atoms with Gasteiger partial charge in [0.1, 0.15) is 0 Å². The Morgan fingerprint density at radius 3 is 1.70 bits per heavy atom. The zero-order chi connectivity index (χ0) is 17.3. The van der Waals surface area contributed by atoms with Crippen molar-refractivity contribution in [3.8, 4) is 0 Å². The molecular weight excluding hydrogens is 322 g/mol. The summed E-state index contributed by atoms with van der Waals surface area (Å²) in [5, 5.41) is 0. The third-order valence-electron chi connectivity index (χ3n) is 3.78. The second-order valence-corrected chi connectivity index (χ2v) is 5.45. The molecule has 129 valence electrons. The smallest absolute Gasteiger partial charge is 0.369 e. The Labute approximate surface area is 130 Å². The molecule has 23 heavy (non-hydrogen) atoms. The van der Waals surface area contributed by atoms with Crippen LogP contribution in [0.1, 0.15) is 17.5 Å². The first-order valence-corrected chi connectivity index (χ1v) is 7.17. The molecular formula is C15H17F6N2. The van der Waals surface area contributed by atoms with E-state index in [4.69, 9.17) is 0 Å². The minimum absolute atomic E-state index is 0.0403. The van der Waals surface area contributed by atoms with E-state index in [1.807, 2.05) is 0 Å². The minimum Gasteiger partial charge on any atom is -0.369 e. The summed E-state index contributed by atoms with van der Waals surface area (Å²) in [4.78, 5) is 3.64. The maximum absolute atomic E-state index is 12.9. The normalized spacial score (nSPS) is 17.6. The van der Waals surface area contributed by atoms with E-state index in [1.165, 1.54) is 0 Å². The number of piperazine rings is 1. The predicted molar refractivity (Wildman–Crippen MR) is 75.1 cm³/mol. The third kappa shape index (κ3) is 4.53. The van der Waals surface area contributed by atoms with Crippen LogP contribution in [-0.4, -0.2) is 37.6 Å². The van der Waals surface area contributed by atoms with E-state index in [0.29, 0.717) is 32.6 Å². The number of hydrogen-bond donors (Lipinski definition) is 0. The molecule has 0 amide bonds. The van der Waals surface area contributed by atoms with E-state index >= 15 is 0 Å². The van der Waals surface area contributed by atoms with Crippen LogP contribution in [0.5, 0.6) is 0 Å². The molecule has 1 aliphatic heterocycles. The number of rotatable bonds is 3. The van der Waals surface area contributed by atoms with E-state index in [9.17, 15) is 26.3 Å². The highest BCUT2D eigenvalue weighted by atomic mass is 19.4. The van der Waals surface area contributed by atoms with Gasteiger partial charge in [0.15, 0.2) is 0 Å². The van der Waals surface area contributed by atoms with E-state index < -0.39 is 23.5 Å². The average molecular weight is 339 g/mol.